The van der Waals surface area contributed by atoms with Gasteiger partial charge < -0.3 is 14.8 Å². The summed E-state index contributed by atoms with van der Waals surface area (Å²) in [6, 6.07) is 10.1. The van der Waals surface area contributed by atoms with E-state index in [1.54, 1.807) is 18.2 Å². The van der Waals surface area contributed by atoms with E-state index in [1.807, 2.05) is 6.92 Å². The molecule has 0 fully saturated rings. The first-order chi connectivity index (χ1) is 12.8. The van der Waals surface area contributed by atoms with E-state index >= 15 is 0 Å². The van der Waals surface area contributed by atoms with Gasteiger partial charge in [0.25, 0.3) is 0 Å². The van der Waals surface area contributed by atoms with Crippen LogP contribution in [-0.2, 0) is 17.5 Å². The van der Waals surface area contributed by atoms with E-state index < -0.39 is 17.6 Å². The molecule has 0 saturated heterocycles. The average molecular weight is 379 g/mol. The highest BCUT2D eigenvalue weighted by Gasteiger charge is 2.30. The highest BCUT2D eigenvalue weighted by molar-refractivity contribution is 5.91. The molecule has 4 nitrogen and oxygen atoms in total. The second-order valence-electron chi connectivity index (χ2n) is 5.59. The van der Waals surface area contributed by atoms with Crippen LogP contribution in [0.4, 0.5) is 13.2 Å². The van der Waals surface area contributed by atoms with Crippen LogP contribution in [0.15, 0.2) is 48.5 Å². The molecule has 0 atom stereocenters. The Hall–Kier alpha value is -2.96. The molecule has 0 unspecified atom stereocenters. The molecule has 0 radical (unpaired) electrons. The number of carbonyl (C=O) groups is 1. The van der Waals surface area contributed by atoms with Gasteiger partial charge in [-0.15, -0.1) is 0 Å². The number of rotatable bonds is 7. The van der Waals surface area contributed by atoms with Crippen LogP contribution in [0.2, 0.25) is 0 Å². The Morgan fingerprint density at radius 3 is 2.59 bits per heavy atom. The number of alkyl halides is 3. The van der Waals surface area contributed by atoms with Crippen molar-refractivity contribution in [2.45, 2.75) is 19.6 Å². The van der Waals surface area contributed by atoms with Crippen molar-refractivity contribution < 1.29 is 27.4 Å². The predicted molar refractivity (Wildman–Crippen MR) is 96.5 cm³/mol. The minimum Gasteiger partial charge on any atom is -0.493 e. The molecule has 0 heterocycles. The Bertz CT molecular complexity index is 816. The summed E-state index contributed by atoms with van der Waals surface area (Å²) in [6.45, 7) is 2.62. The van der Waals surface area contributed by atoms with Crippen LogP contribution in [0.1, 0.15) is 23.6 Å². The zero-order chi connectivity index (χ0) is 19.9. The van der Waals surface area contributed by atoms with Crippen LogP contribution in [-0.4, -0.2) is 19.6 Å². The van der Waals surface area contributed by atoms with Crippen molar-refractivity contribution in [3.8, 4) is 11.5 Å². The van der Waals surface area contributed by atoms with Gasteiger partial charge in [-0.2, -0.15) is 13.2 Å². The lowest BCUT2D eigenvalue weighted by Gasteiger charge is -2.11. The highest BCUT2D eigenvalue weighted by atomic mass is 19.4. The van der Waals surface area contributed by atoms with Crippen molar-refractivity contribution in [3.05, 3.63) is 65.2 Å². The lowest BCUT2D eigenvalue weighted by atomic mass is 10.1. The zero-order valence-corrected chi connectivity index (χ0v) is 15.0. The summed E-state index contributed by atoms with van der Waals surface area (Å²) < 4.78 is 48.7. The molecule has 0 bridgehead atoms. The van der Waals surface area contributed by atoms with Gasteiger partial charge in [0.2, 0.25) is 5.91 Å². The molecular weight excluding hydrogens is 359 g/mol. The Labute approximate surface area is 155 Å². The normalized spacial score (nSPS) is 11.4. The van der Waals surface area contributed by atoms with Crippen molar-refractivity contribution in [2.24, 2.45) is 0 Å². The van der Waals surface area contributed by atoms with E-state index in [0.717, 1.165) is 17.7 Å². The molecule has 2 aromatic rings. The molecule has 2 aromatic carbocycles. The number of hydrogen-bond donors (Lipinski definition) is 1. The molecule has 7 heteroatoms. The number of halogens is 3. The van der Waals surface area contributed by atoms with Gasteiger partial charge in [0.1, 0.15) is 0 Å². The average Bonchev–Trinajstić information content (AvgIpc) is 2.65. The van der Waals surface area contributed by atoms with Crippen molar-refractivity contribution >= 4 is 12.0 Å². The standard InChI is InChI=1S/C20H20F3NO3/c1-3-27-17-9-7-15(12-18(17)26-2)13-24-19(25)10-8-14-5-4-6-16(11-14)20(21,22)23/h4-12H,3,13H2,1-2H3,(H,24,25)/b10-8+. The van der Waals surface area contributed by atoms with Gasteiger partial charge in [-0.25, -0.2) is 0 Å². The van der Waals surface area contributed by atoms with Crippen molar-refractivity contribution in [2.75, 3.05) is 13.7 Å². The fourth-order valence-electron chi connectivity index (χ4n) is 2.34. The van der Waals surface area contributed by atoms with E-state index in [9.17, 15) is 18.0 Å². The lowest BCUT2D eigenvalue weighted by Crippen LogP contribution is -2.20. The summed E-state index contributed by atoms with van der Waals surface area (Å²) in [5.41, 5.74) is 0.338. The largest absolute Gasteiger partial charge is 0.493 e. The molecule has 0 spiro atoms. The molecule has 2 rings (SSSR count). The number of ether oxygens (including phenoxy) is 2. The number of benzene rings is 2. The van der Waals surface area contributed by atoms with Crippen LogP contribution in [0.3, 0.4) is 0 Å². The molecule has 0 aliphatic rings. The fourth-order valence-corrected chi connectivity index (χ4v) is 2.34. The third-order valence-electron chi connectivity index (χ3n) is 3.64. The molecule has 0 aromatic heterocycles. The molecule has 1 amide bonds. The number of methoxy groups -OCH3 is 1. The zero-order valence-electron chi connectivity index (χ0n) is 15.0. The van der Waals surface area contributed by atoms with Gasteiger partial charge in [0, 0.05) is 12.6 Å². The quantitative estimate of drug-likeness (QED) is 0.724. The SMILES string of the molecule is CCOc1ccc(CNC(=O)/C=C/c2cccc(C(F)(F)F)c2)cc1OC. The van der Waals surface area contributed by atoms with Crippen LogP contribution < -0.4 is 14.8 Å². The maximum Gasteiger partial charge on any atom is 0.416 e. The number of carbonyl (C=O) groups excluding carboxylic acids is 1. The van der Waals surface area contributed by atoms with E-state index in [0.29, 0.717) is 23.7 Å². The molecule has 27 heavy (non-hydrogen) atoms. The van der Waals surface area contributed by atoms with E-state index in [2.05, 4.69) is 5.32 Å². The minimum atomic E-state index is -4.42. The molecule has 1 N–H and O–H groups in total. The summed E-state index contributed by atoms with van der Waals surface area (Å²) in [4.78, 5) is 11.9. The lowest BCUT2D eigenvalue weighted by molar-refractivity contribution is -0.137. The molecular formula is C20H20F3NO3. The molecule has 144 valence electrons. The smallest absolute Gasteiger partial charge is 0.416 e. The number of hydrogen-bond acceptors (Lipinski definition) is 3. The Morgan fingerprint density at radius 1 is 1.15 bits per heavy atom. The van der Waals surface area contributed by atoms with E-state index in [4.69, 9.17) is 9.47 Å². The molecule has 0 saturated carbocycles. The van der Waals surface area contributed by atoms with Gasteiger partial charge in [0.05, 0.1) is 19.3 Å². The van der Waals surface area contributed by atoms with Crippen LogP contribution in [0, 0.1) is 0 Å². The second-order valence-corrected chi connectivity index (χ2v) is 5.59. The number of amides is 1. The third-order valence-corrected chi connectivity index (χ3v) is 3.64. The maximum absolute atomic E-state index is 12.7. The Kier molecular flexibility index (Phi) is 6.87. The fraction of sp³-hybridized carbons (Fsp3) is 0.250. The summed E-state index contributed by atoms with van der Waals surface area (Å²) >= 11 is 0. The number of nitrogens with one attached hydrogen (secondary N) is 1. The summed E-state index contributed by atoms with van der Waals surface area (Å²) in [6.07, 6.45) is -1.89. The Morgan fingerprint density at radius 2 is 1.93 bits per heavy atom. The van der Waals surface area contributed by atoms with Gasteiger partial charge in [-0.05, 0) is 48.4 Å². The topological polar surface area (TPSA) is 47.6 Å². The minimum absolute atomic E-state index is 0.245. The van der Waals surface area contributed by atoms with Crippen molar-refractivity contribution in [1.82, 2.24) is 5.32 Å². The Balaban J connectivity index is 1.97. The maximum atomic E-state index is 12.7. The summed E-state index contributed by atoms with van der Waals surface area (Å²) in [5.74, 6) is 0.753. The van der Waals surface area contributed by atoms with Crippen LogP contribution >= 0.6 is 0 Å². The summed E-state index contributed by atoms with van der Waals surface area (Å²) in [7, 11) is 1.53. The van der Waals surface area contributed by atoms with Crippen molar-refractivity contribution in [1.29, 1.82) is 0 Å². The van der Waals surface area contributed by atoms with E-state index in [-0.39, 0.29) is 6.54 Å². The predicted octanol–water partition coefficient (Wildman–Crippen LogP) is 4.44. The molecule has 0 aliphatic carbocycles. The van der Waals surface area contributed by atoms with E-state index in [1.165, 1.54) is 31.4 Å². The van der Waals surface area contributed by atoms with Crippen LogP contribution in [0.25, 0.3) is 6.08 Å². The molecule has 0 aliphatic heterocycles. The van der Waals surface area contributed by atoms with Gasteiger partial charge >= 0.3 is 6.18 Å². The van der Waals surface area contributed by atoms with Gasteiger partial charge in [-0.3, -0.25) is 4.79 Å². The van der Waals surface area contributed by atoms with Crippen molar-refractivity contribution in [3.63, 3.8) is 0 Å². The highest BCUT2D eigenvalue weighted by Crippen LogP contribution is 2.30. The third kappa shape index (κ3) is 6.06. The second kappa shape index (κ2) is 9.12. The van der Waals surface area contributed by atoms with Crippen LogP contribution in [0.5, 0.6) is 11.5 Å². The monoisotopic (exact) mass is 379 g/mol. The van der Waals surface area contributed by atoms with Gasteiger partial charge in [0.15, 0.2) is 11.5 Å². The van der Waals surface area contributed by atoms with Gasteiger partial charge in [-0.1, -0.05) is 18.2 Å². The first-order valence-electron chi connectivity index (χ1n) is 8.26. The first-order valence-corrected chi connectivity index (χ1v) is 8.26. The first kappa shape index (κ1) is 20.4. The summed E-state index contributed by atoms with van der Waals surface area (Å²) in [5, 5.41) is 2.67.